The average Bonchev–Trinajstić information content (AvgIpc) is 2.76. The molecule has 3 heteroatoms. The van der Waals surface area contributed by atoms with Crippen molar-refractivity contribution < 1.29 is 0 Å². The summed E-state index contributed by atoms with van der Waals surface area (Å²) in [5.74, 6) is 0.766. The smallest absolute Gasteiger partial charge is 0.0551 e. The molecular weight excluding hydrogens is 138 g/mol. The number of rotatable bonds is 2. The maximum Gasteiger partial charge on any atom is 0.0551 e. The SMILES string of the molecule is Cn1ncc(C2CC2)c1CN. The van der Waals surface area contributed by atoms with Crippen LogP contribution in [0.4, 0.5) is 0 Å². The largest absolute Gasteiger partial charge is 0.325 e. The molecule has 2 N–H and O–H groups in total. The van der Waals surface area contributed by atoms with Gasteiger partial charge in [0.25, 0.3) is 0 Å². The molecule has 1 saturated carbocycles. The Bertz CT molecular complexity index is 260. The lowest BCUT2D eigenvalue weighted by molar-refractivity contribution is 0.708. The van der Waals surface area contributed by atoms with E-state index in [0.29, 0.717) is 6.54 Å². The first kappa shape index (κ1) is 6.85. The van der Waals surface area contributed by atoms with Crippen molar-refractivity contribution >= 4 is 0 Å². The van der Waals surface area contributed by atoms with E-state index in [2.05, 4.69) is 5.10 Å². The van der Waals surface area contributed by atoms with Gasteiger partial charge in [-0.2, -0.15) is 5.10 Å². The normalized spacial score (nSPS) is 17.3. The van der Waals surface area contributed by atoms with Gasteiger partial charge in [0.1, 0.15) is 0 Å². The van der Waals surface area contributed by atoms with Gasteiger partial charge < -0.3 is 5.73 Å². The summed E-state index contributed by atoms with van der Waals surface area (Å²) < 4.78 is 1.88. The summed E-state index contributed by atoms with van der Waals surface area (Å²) in [5, 5.41) is 4.19. The summed E-state index contributed by atoms with van der Waals surface area (Å²) in [6.45, 7) is 0.613. The third-order valence-electron chi connectivity index (χ3n) is 2.30. The van der Waals surface area contributed by atoms with E-state index in [9.17, 15) is 0 Å². The van der Waals surface area contributed by atoms with Crippen molar-refractivity contribution in [2.24, 2.45) is 12.8 Å². The Morgan fingerprint density at radius 1 is 1.73 bits per heavy atom. The van der Waals surface area contributed by atoms with Crippen molar-refractivity contribution in [1.29, 1.82) is 0 Å². The van der Waals surface area contributed by atoms with Crippen molar-refractivity contribution in [2.45, 2.75) is 25.3 Å². The van der Waals surface area contributed by atoms with E-state index in [1.807, 2.05) is 17.9 Å². The van der Waals surface area contributed by atoms with Crippen LogP contribution >= 0.6 is 0 Å². The van der Waals surface area contributed by atoms with E-state index in [1.54, 1.807) is 0 Å². The van der Waals surface area contributed by atoms with Gasteiger partial charge in [0.05, 0.1) is 11.9 Å². The third kappa shape index (κ3) is 1.05. The fourth-order valence-electron chi connectivity index (χ4n) is 1.47. The summed E-state index contributed by atoms with van der Waals surface area (Å²) in [7, 11) is 1.95. The molecule has 3 nitrogen and oxygen atoms in total. The molecule has 60 valence electrons. The number of nitrogens with two attached hydrogens (primary N) is 1. The Hall–Kier alpha value is -0.830. The molecule has 0 amide bonds. The zero-order chi connectivity index (χ0) is 7.84. The van der Waals surface area contributed by atoms with Crippen molar-refractivity contribution in [3.8, 4) is 0 Å². The number of aryl methyl sites for hydroxylation is 1. The van der Waals surface area contributed by atoms with Gasteiger partial charge in [0.2, 0.25) is 0 Å². The van der Waals surface area contributed by atoms with Gasteiger partial charge in [-0.1, -0.05) is 0 Å². The highest BCUT2D eigenvalue weighted by molar-refractivity contribution is 5.26. The maximum absolute atomic E-state index is 5.60. The molecule has 0 aliphatic heterocycles. The van der Waals surface area contributed by atoms with Crippen LogP contribution in [0.1, 0.15) is 30.0 Å². The van der Waals surface area contributed by atoms with E-state index in [-0.39, 0.29) is 0 Å². The summed E-state index contributed by atoms with van der Waals surface area (Å²) >= 11 is 0. The molecule has 0 radical (unpaired) electrons. The zero-order valence-electron chi connectivity index (χ0n) is 6.75. The highest BCUT2D eigenvalue weighted by Crippen LogP contribution is 2.41. The second kappa shape index (κ2) is 2.34. The minimum atomic E-state index is 0.613. The molecule has 2 rings (SSSR count). The molecule has 1 aromatic rings. The minimum absolute atomic E-state index is 0.613. The van der Waals surface area contributed by atoms with Crippen LogP contribution in [-0.2, 0) is 13.6 Å². The molecule has 1 fully saturated rings. The lowest BCUT2D eigenvalue weighted by Crippen LogP contribution is -2.06. The summed E-state index contributed by atoms with van der Waals surface area (Å²) in [6.07, 6.45) is 4.59. The monoisotopic (exact) mass is 151 g/mol. The lowest BCUT2D eigenvalue weighted by Gasteiger charge is -1.99. The maximum atomic E-state index is 5.60. The number of nitrogens with zero attached hydrogens (tertiary/aromatic N) is 2. The second-order valence-electron chi connectivity index (χ2n) is 3.15. The first-order valence-corrected chi connectivity index (χ1v) is 4.03. The van der Waals surface area contributed by atoms with Crippen LogP contribution < -0.4 is 5.73 Å². The number of hydrogen-bond acceptors (Lipinski definition) is 2. The van der Waals surface area contributed by atoms with Crippen LogP contribution in [-0.4, -0.2) is 9.78 Å². The summed E-state index contributed by atoms with van der Waals surface area (Å²) in [5.41, 5.74) is 8.17. The van der Waals surface area contributed by atoms with Crippen LogP contribution in [0.15, 0.2) is 6.20 Å². The molecule has 0 aromatic carbocycles. The van der Waals surface area contributed by atoms with Crippen LogP contribution in [0, 0.1) is 0 Å². The van der Waals surface area contributed by atoms with E-state index >= 15 is 0 Å². The molecule has 11 heavy (non-hydrogen) atoms. The molecule has 1 aliphatic rings. The molecule has 1 heterocycles. The van der Waals surface area contributed by atoms with E-state index < -0.39 is 0 Å². The highest BCUT2D eigenvalue weighted by Gasteiger charge is 2.27. The van der Waals surface area contributed by atoms with Gasteiger partial charge >= 0.3 is 0 Å². The molecule has 1 aliphatic carbocycles. The zero-order valence-corrected chi connectivity index (χ0v) is 6.75. The molecule has 0 saturated heterocycles. The molecule has 1 aromatic heterocycles. The van der Waals surface area contributed by atoms with Crippen molar-refractivity contribution in [3.63, 3.8) is 0 Å². The summed E-state index contributed by atoms with van der Waals surface area (Å²) in [6, 6.07) is 0. The van der Waals surface area contributed by atoms with E-state index in [1.165, 1.54) is 24.1 Å². The quantitative estimate of drug-likeness (QED) is 0.678. The van der Waals surface area contributed by atoms with Crippen LogP contribution in [0.2, 0.25) is 0 Å². The predicted octanol–water partition coefficient (Wildman–Crippen LogP) is 0.756. The van der Waals surface area contributed by atoms with E-state index in [4.69, 9.17) is 5.73 Å². The highest BCUT2D eigenvalue weighted by atomic mass is 15.3. The van der Waals surface area contributed by atoms with Crippen LogP contribution in [0.3, 0.4) is 0 Å². The van der Waals surface area contributed by atoms with Gasteiger partial charge in [0.15, 0.2) is 0 Å². The predicted molar refractivity (Wildman–Crippen MR) is 43.1 cm³/mol. The molecule has 0 spiro atoms. The fraction of sp³-hybridized carbons (Fsp3) is 0.625. The third-order valence-corrected chi connectivity index (χ3v) is 2.30. The van der Waals surface area contributed by atoms with E-state index in [0.717, 1.165) is 5.92 Å². The Kier molecular flexibility index (Phi) is 1.46. The van der Waals surface area contributed by atoms with Gasteiger partial charge in [-0.3, -0.25) is 4.68 Å². The van der Waals surface area contributed by atoms with Crippen LogP contribution in [0.5, 0.6) is 0 Å². The topological polar surface area (TPSA) is 43.8 Å². The molecule has 0 unspecified atom stereocenters. The van der Waals surface area contributed by atoms with Gasteiger partial charge in [-0.05, 0) is 24.3 Å². The molecule has 0 bridgehead atoms. The Morgan fingerprint density at radius 3 is 3.00 bits per heavy atom. The molecule has 0 atom stereocenters. The Morgan fingerprint density at radius 2 is 2.45 bits per heavy atom. The van der Waals surface area contributed by atoms with Gasteiger partial charge in [-0.25, -0.2) is 0 Å². The minimum Gasteiger partial charge on any atom is -0.325 e. The first-order chi connectivity index (χ1) is 5.33. The Labute approximate surface area is 66.2 Å². The molecular formula is C8H13N3. The second-order valence-corrected chi connectivity index (χ2v) is 3.15. The fourth-order valence-corrected chi connectivity index (χ4v) is 1.47. The Balaban J connectivity index is 2.36. The van der Waals surface area contributed by atoms with Crippen molar-refractivity contribution in [1.82, 2.24) is 9.78 Å². The van der Waals surface area contributed by atoms with Gasteiger partial charge in [0, 0.05) is 13.6 Å². The lowest BCUT2D eigenvalue weighted by atomic mass is 10.1. The van der Waals surface area contributed by atoms with Crippen molar-refractivity contribution in [3.05, 3.63) is 17.5 Å². The van der Waals surface area contributed by atoms with Crippen LogP contribution in [0.25, 0.3) is 0 Å². The number of hydrogen-bond donors (Lipinski definition) is 1. The number of aromatic nitrogens is 2. The first-order valence-electron chi connectivity index (χ1n) is 4.03. The van der Waals surface area contributed by atoms with Gasteiger partial charge in [-0.15, -0.1) is 0 Å². The standard InChI is InChI=1S/C8H13N3/c1-11-8(4-9)7(5-10-11)6-2-3-6/h5-6H,2-4,9H2,1H3. The average molecular weight is 151 g/mol. The van der Waals surface area contributed by atoms with Crippen molar-refractivity contribution in [2.75, 3.05) is 0 Å². The summed E-state index contributed by atoms with van der Waals surface area (Å²) in [4.78, 5) is 0.